The quantitative estimate of drug-likeness (QED) is 0.129. The number of nitrogens with zero attached hydrogens (tertiary/aromatic N) is 4. The number of ketones is 2. The maximum atomic E-state index is 13.7. The molecule has 11 heteroatoms. The van der Waals surface area contributed by atoms with Crippen LogP contribution in [0.3, 0.4) is 0 Å². The molecule has 1 unspecified atom stereocenters. The summed E-state index contributed by atoms with van der Waals surface area (Å²) in [7, 11) is 0. The van der Waals surface area contributed by atoms with Crippen molar-refractivity contribution in [2.45, 2.75) is 47.6 Å². The number of imidazole rings is 1. The number of carbonyl (C=O) groups excluding carboxylic acids is 3. The van der Waals surface area contributed by atoms with Crippen molar-refractivity contribution in [1.82, 2.24) is 14.4 Å². The second-order valence-corrected chi connectivity index (χ2v) is 10.6. The molecule has 1 fully saturated rings. The monoisotopic (exact) mass is 574 g/mol. The summed E-state index contributed by atoms with van der Waals surface area (Å²) in [5, 5.41) is 11.9. The average Bonchev–Trinajstić information content (AvgIpc) is 3.57. The third kappa shape index (κ3) is 4.65. The Kier molecular flexibility index (Phi) is 7.39. The number of aliphatic hydroxyl groups excluding tert-OH is 1. The number of aliphatic hydroxyl groups is 1. The predicted molar refractivity (Wildman–Crippen MR) is 155 cm³/mol. The SMILES string of the molecule is CCOc1ccc(C2C(=C(O)c3nc4c(C)cccn4c3C)C(=O)C(=O)N2c2nc(C)c(C(C)=O)s2)cc1OCC. The van der Waals surface area contributed by atoms with E-state index < -0.39 is 23.5 Å². The van der Waals surface area contributed by atoms with Crippen LogP contribution in [0.4, 0.5) is 5.13 Å². The molecule has 4 heterocycles. The lowest BCUT2D eigenvalue weighted by Crippen LogP contribution is -2.29. The van der Waals surface area contributed by atoms with E-state index in [1.807, 2.05) is 43.5 Å². The fourth-order valence-electron chi connectivity index (χ4n) is 5.07. The van der Waals surface area contributed by atoms with Crippen molar-refractivity contribution in [3.8, 4) is 11.5 Å². The number of aryl methyl sites for hydroxylation is 3. The van der Waals surface area contributed by atoms with E-state index >= 15 is 0 Å². The van der Waals surface area contributed by atoms with Crippen LogP contribution in [-0.2, 0) is 9.59 Å². The van der Waals surface area contributed by atoms with Crippen LogP contribution < -0.4 is 14.4 Å². The summed E-state index contributed by atoms with van der Waals surface area (Å²) >= 11 is 1.03. The maximum absolute atomic E-state index is 13.7. The maximum Gasteiger partial charge on any atom is 0.301 e. The zero-order chi connectivity index (χ0) is 29.6. The van der Waals surface area contributed by atoms with Gasteiger partial charge in [-0.15, -0.1) is 0 Å². The van der Waals surface area contributed by atoms with Crippen LogP contribution in [0.15, 0.2) is 42.1 Å². The van der Waals surface area contributed by atoms with Gasteiger partial charge in [-0.3, -0.25) is 19.3 Å². The molecule has 41 heavy (non-hydrogen) atoms. The number of hydrogen-bond acceptors (Lipinski definition) is 9. The largest absolute Gasteiger partial charge is 0.505 e. The molecule has 212 valence electrons. The molecule has 4 aromatic rings. The number of carbonyl (C=O) groups is 3. The van der Waals surface area contributed by atoms with Crippen molar-refractivity contribution in [2.24, 2.45) is 0 Å². The van der Waals surface area contributed by atoms with Gasteiger partial charge in [0, 0.05) is 13.1 Å². The molecule has 0 aliphatic carbocycles. The minimum absolute atomic E-state index is 0.136. The fraction of sp³-hybridized carbons (Fsp3) is 0.300. The highest BCUT2D eigenvalue weighted by atomic mass is 32.1. The lowest BCUT2D eigenvalue weighted by atomic mass is 9.96. The van der Waals surface area contributed by atoms with Crippen LogP contribution in [0.2, 0.25) is 0 Å². The minimum Gasteiger partial charge on any atom is -0.505 e. The number of aromatic nitrogens is 3. The number of benzene rings is 1. The van der Waals surface area contributed by atoms with E-state index in [9.17, 15) is 19.5 Å². The smallest absolute Gasteiger partial charge is 0.301 e. The first-order chi connectivity index (χ1) is 19.6. The zero-order valence-corrected chi connectivity index (χ0v) is 24.5. The first-order valence-corrected chi connectivity index (χ1v) is 14.0. The molecule has 1 aromatic carbocycles. The van der Waals surface area contributed by atoms with E-state index in [2.05, 4.69) is 9.97 Å². The van der Waals surface area contributed by atoms with Gasteiger partial charge < -0.3 is 19.0 Å². The summed E-state index contributed by atoms with van der Waals surface area (Å²) in [6, 6.07) is 7.82. The Labute approximate surface area is 240 Å². The van der Waals surface area contributed by atoms with Gasteiger partial charge in [-0.05, 0) is 63.9 Å². The summed E-state index contributed by atoms with van der Waals surface area (Å²) in [4.78, 5) is 50.3. The molecular formula is C30H30N4O6S. The van der Waals surface area contributed by atoms with Gasteiger partial charge >= 0.3 is 5.91 Å². The van der Waals surface area contributed by atoms with Crippen LogP contribution in [0, 0.1) is 20.8 Å². The molecule has 1 N–H and O–H groups in total. The van der Waals surface area contributed by atoms with Gasteiger partial charge in [0.05, 0.1) is 41.1 Å². The van der Waals surface area contributed by atoms with Crippen molar-refractivity contribution in [1.29, 1.82) is 0 Å². The molecule has 0 radical (unpaired) electrons. The van der Waals surface area contributed by atoms with Gasteiger partial charge in [0.25, 0.3) is 5.78 Å². The third-order valence-electron chi connectivity index (χ3n) is 6.95. The van der Waals surface area contributed by atoms with E-state index in [0.29, 0.717) is 52.2 Å². The Balaban J connectivity index is 1.78. The number of thiazole rings is 1. The second-order valence-electron chi connectivity index (χ2n) is 9.64. The highest BCUT2D eigenvalue weighted by Gasteiger charge is 2.49. The normalized spacial score (nSPS) is 16.5. The highest BCUT2D eigenvalue weighted by molar-refractivity contribution is 7.18. The van der Waals surface area contributed by atoms with E-state index in [-0.39, 0.29) is 22.2 Å². The van der Waals surface area contributed by atoms with Crippen LogP contribution in [0.25, 0.3) is 11.4 Å². The molecule has 3 aromatic heterocycles. The number of fused-ring (bicyclic) bond motifs is 1. The summed E-state index contributed by atoms with van der Waals surface area (Å²) in [6.07, 6.45) is 1.82. The van der Waals surface area contributed by atoms with Crippen molar-refractivity contribution in [3.63, 3.8) is 0 Å². The first-order valence-electron chi connectivity index (χ1n) is 13.2. The molecule has 0 saturated carbocycles. The first kappa shape index (κ1) is 28.0. The lowest BCUT2D eigenvalue weighted by molar-refractivity contribution is -0.132. The number of anilines is 1. The fourth-order valence-corrected chi connectivity index (χ4v) is 6.06. The van der Waals surface area contributed by atoms with E-state index in [1.54, 1.807) is 32.0 Å². The van der Waals surface area contributed by atoms with Crippen molar-refractivity contribution < 1.29 is 29.0 Å². The van der Waals surface area contributed by atoms with Crippen molar-refractivity contribution in [2.75, 3.05) is 18.1 Å². The van der Waals surface area contributed by atoms with Crippen molar-refractivity contribution in [3.05, 3.63) is 75.2 Å². The number of amides is 1. The van der Waals surface area contributed by atoms with Crippen LogP contribution in [0.1, 0.15) is 64.7 Å². The molecule has 1 aliphatic heterocycles. The van der Waals surface area contributed by atoms with Crippen molar-refractivity contribution >= 4 is 45.3 Å². The van der Waals surface area contributed by atoms with E-state index in [0.717, 1.165) is 16.9 Å². The predicted octanol–water partition coefficient (Wildman–Crippen LogP) is 5.34. The van der Waals surface area contributed by atoms with Gasteiger partial charge in [0.2, 0.25) is 0 Å². The Morgan fingerprint density at radius 2 is 1.76 bits per heavy atom. The summed E-state index contributed by atoms with van der Waals surface area (Å²) < 4.78 is 13.4. The molecular weight excluding hydrogens is 544 g/mol. The van der Waals surface area contributed by atoms with E-state index in [1.165, 1.54) is 11.8 Å². The molecule has 1 saturated heterocycles. The van der Waals surface area contributed by atoms with Crippen LogP contribution in [-0.4, -0.2) is 50.2 Å². The second kappa shape index (κ2) is 10.8. The Morgan fingerprint density at radius 1 is 1.05 bits per heavy atom. The number of pyridine rings is 1. The number of hydrogen-bond donors (Lipinski definition) is 1. The lowest BCUT2D eigenvalue weighted by Gasteiger charge is -2.24. The Morgan fingerprint density at radius 3 is 2.39 bits per heavy atom. The molecule has 5 rings (SSSR count). The van der Waals surface area contributed by atoms with Gasteiger partial charge in [-0.2, -0.15) is 0 Å². The van der Waals surface area contributed by atoms with Gasteiger partial charge in [0.1, 0.15) is 11.3 Å². The number of ether oxygens (including phenoxy) is 2. The minimum atomic E-state index is -1.07. The molecule has 1 amide bonds. The van der Waals surface area contributed by atoms with Gasteiger partial charge in [-0.25, -0.2) is 9.97 Å². The third-order valence-corrected chi connectivity index (χ3v) is 8.20. The standard InChI is InChI=1S/C30H30N4O6S/c1-7-39-20-12-11-19(14-21(20)40-8-2)24-22(25(36)23-17(5)33-13-9-10-15(3)28(33)32-23)26(37)29(38)34(24)30-31-16(4)27(41-30)18(6)35/h9-14,24,36H,7-8H2,1-6H3. The average molecular weight is 575 g/mol. The molecule has 0 bridgehead atoms. The number of Topliss-reactive ketones (excluding diaryl/α,β-unsaturated/α-hetero) is 2. The Hall–Kier alpha value is -4.51. The van der Waals surface area contributed by atoms with Gasteiger partial charge in [0.15, 0.2) is 28.2 Å². The topological polar surface area (TPSA) is 123 Å². The summed E-state index contributed by atoms with van der Waals surface area (Å²) in [6.45, 7) is 11.2. The zero-order valence-electron chi connectivity index (χ0n) is 23.6. The highest BCUT2D eigenvalue weighted by Crippen LogP contribution is 2.45. The summed E-state index contributed by atoms with van der Waals surface area (Å²) in [5.74, 6) is -1.42. The molecule has 10 nitrogen and oxygen atoms in total. The molecule has 0 spiro atoms. The van der Waals surface area contributed by atoms with Gasteiger partial charge in [-0.1, -0.05) is 23.5 Å². The van der Waals surface area contributed by atoms with E-state index in [4.69, 9.17) is 9.47 Å². The van der Waals surface area contributed by atoms with Crippen LogP contribution >= 0.6 is 11.3 Å². The number of rotatable bonds is 8. The molecule has 1 aliphatic rings. The Bertz CT molecular complexity index is 1750. The summed E-state index contributed by atoms with van der Waals surface area (Å²) in [5.41, 5.74) is 3.12. The molecule has 1 atom stereocenters. The van der Waals surface area contributed by atoms with Crippen LogP contribution in [0.5, 0.6) is 11.5 Å².